The summed E-state index contributed by atoms with van der Waals surface area (Å²) in [7, 11) is -0.170. The predicted octanol–water partition coefficient (Wildman–Crippen LogP) is -4.01. The number of carbonyl (C=O) groups excluding carboxylic acids is 1. The van der Waals surface area contributed by atoms with Gasteiger partial charge in [0.2, 0.25) is 0 Å². The van der Waals surface area contributed by atoms with Gasteiger partial charge in [-0.25, -0.2) is 4.39 Å². The third-order valence-electron chi connectivity index (χ3n) is 2.21. The summed E-state index contributed by atoms with van der Waals surface area (Å²) in [6, 6.07) is 1.14. The largest absolute Gasteiger partial charge is 1.00 e. The van der Waals surface area contributed by atoms with E-state index in [1.807, 2.05) is 0 Å². The van der Waals surface area contributed by atoms with Crippen LogP contribution >= 0.6 is 0 Å². The molecule has 0 aliphatic carbocycles. The number of rotatable bonds is 2. The van der Waals surface area contributed by atoms with E-state index in [1.54, 1.807) is 0 Å². The molecule has 0 unspecified atom stereocenters. The smallest absolute Gasteiger partial charge is 0.545 e. The van der Waals surface area contributed by atoms with Crippen molar-refractivity contribution in [1.82, 2.24) is 0 Å². The van der Waals surface area contributed by atoms with Crippen LogP contribution in [0, 0.1) is 5.82 Å². The van der Waals surface area contributed by atoms with Crippen LogP contribution in [0.5, 0.6) is 17.2 Å². The number of halogens is 1. The number of carbonyl (C=O) groups is 1. The number of fused-ring (bicyclic) bond motifs is 1. The molecular formula is C9H7BFNaO6. The van der Waals surface area contributed by atoms with E-state index >= 15 is 0 Å². The summed E-state index contributed by atoms with van der Waals surface area (Å²) in [5.41, 5.74) is -0.835. The van der Waals surface area contributed by atoms with Gasteiger partial charge in [0.05, 0.1) is 18.6 Å². The fourth-order valence-corrected chi connectivity index (χ4v) is 1.48. The van der Waals surface area contributed by atoms with E-state index in [2.05, 4.69) is 4.74 Å². The molecule has 1 aromatic rings. The van der Waals surface area contributed by atoms with Gasteiger partial charge in [0, 0.05) is 6.07 Å². The van der Waals surface area contributed by atoms with Crippen molar-refractivity contribution in [2.45, 2.75) is 0 Å². The van der Waals surface area contributed by atoms with Crippen molar-refractivity contribution in [2.75, 3.05) is 13.6 Å². The van der Waals surface area contributed by atoms with Crippen LogP contribution < -0.4 is 48.8 Å². The molecule has 1 aliphatic rings. The van der Waals surface area contributed by atoms with E-state index in [4.69, 9.17) is 14.4 Å². The molecule has 0 saturated carbocycles. The van der Waals surface area contributed by atoms with Crippen LogP contribution in [0.3, 0.4) is 0 Å². The number of carboxylic acids is 1. The van der Waals surface area contributed by atoms with Crippen LogP contribution in [-0.2, 0) is 0 Å². The normalized spacial score (nSPS) is 12.7. The first-order valence-electron chi connectivity index (χ1n) is 4.64. The second kappa shape index (κ2) is 5.79. The maximum absolute atomic E-state index is 13.7. The molecule has 0 aromatic heterocycles. The summed E-state index contributed by atoms with van der Waals surface area (Å²) in [6.07, 6.45) is 0. The molecule has 18 heavy (non-hydrogen) atoms. The minimum atomic E-state index is -1.78. The molecule has 0 saturated heterocycles. The quantitative estimate of drug-likeness (QED) is 0.547. The van der Waals surface area contributed by atoms with E-state index in [1.165, 1.54) is 7.11 Å². The van der Waals surface area contributed by atoms with Gasteiger partial charge in [0.1, 0.15) is 6.51 Å². The Bertz CT molecular complexity index is 483. The van der Waals surface area contributed by atoms with Crippen molar-refractivity contribution in [3.8, 4) is 17.2 Å². The molecule has 2 rings (SSSR count). The molecule has 0 fully saturated rings. The summed E-state index contributed by atoms with van der Waals surface area (Å²) in [5.74, 6) is -3.64. The molecule has 1 aliphatic heterocycles. The van der Waals surface area contributed by atoms with E-state index in [0.717, 1.165) is 6.07 Å². The van der Waals surface area contributed by atoms with Gasteiger partial charge in [-0.3, -0.25) is 0 Å². The molecule has 0 radical (unpaired) electrons. The second-order valence-corrected chi connectivity index (χ2v) is 3.27. The standard InChI is InChI=1S/C9H8BFO6.Na/c1-15-4-2-5-8(17-10(14)3-16-5)6(7(4)11)9(12)13;/h2,14H,3H2,1H3,(H,12,13);/q;+1/p-1. The molecule has 0 atom stereocenters. The fraction of sp³-hybridized carbons (Fsp3) is 0.222. The number of hydrogen-bond donors (Lipinski definition) is 1. The second-order valence-electron chi connectivity index (χ2n) is 3.27. The molecule has 6 nitrogen and oxygen atoms in total. The van der Waals surface area contributed by atoms with E-state index in [-0.39, 0.29) is 47.6 Å². The predicted molar refractivity (Wildman–Crippen MR) is 51.4 cm³/mol. The zero-order valence-corrected chi connectivity index (χ0v) is 11.7. The van der Waals surface area contributed by atoms with Crippen molar-refractivity contribution in [3.05, 3.63) is 17.4 Å². The number of benzene rings is 1. The fourth-order valence-electron chi connectivity index (χ4n) is 1.48. The Kier molecular flexibility index (Phi) is 4.86. The van der Waals surface area contributed by atoms with Crippen LogP contribution in [0.2, 0.25) is 0 Å². The minimum Gasteiger partial charge on any atom is -0.545 e. The summed E-state index contributed by atoms with van der Waals surface area (Å²) < 4.78 is 28.2. The van der Waals surface area contributed by atoms with E-state index in [0.29, 0.717) is 0 Å². The zero-order chi connectivity index (χ0) is 12.6. The van der Waals surface area contributed by atoms with Gasteiger partial charge in [-0.05, 0) is 0 Å². The number of carboxylic acid groups (broad SMARTS) is 1. The van der Waals surface area contributed by atoms with Crippen molar-refractivity contribution in [1.29, 1.82) is 0 Å². The Morgan fingerprint density at radius 3 is 2.89 bits per heavy atom. The van der Waals surface area contributed by atoms with Crippen LogP contribution in [0.15, 0.2) is 6.07 Å². The summed E-state index contributed by atoms with van der Waals surface area (Å²) in [4.78, 5) is 10.8. The molecule has 1 heterocycles. The molecule has 9 heteroatoms. The Morgan fingerprint density at radius 1 is 1.67 bits per heavy atom. The van der Waals surface area contributed by atoms with Crippen LogP contribution in [0.4, 0.5) is 4.39 Å². The average Bonchev–Trinajstić information content (AvgIpc) is 2.27. The van der Waals surface area contributed by atoms with Crippen LogP contribution in [-0.4, -0.2) is 31.7 Å². The van der Waals surface area contributed by atoms with E-state index < -0.39 is 30.2 Å². The van der Waals surface area contributed by atoms with Crippen molar-refractivity contribution in [3.63, 3.8) is 0 Å². The van der Waals surface area contributed by atoms with Crippen molar-refractivity contribution < 1.29 is 63.0 Å². The van der Waals surface area contributed by atoms with Gasteiger partial charge in [0.25, 0.3) is 0 Å². The first kappa shape index (κ1) is 15.1. The first-order chi connectivity index (χ1) is 8.04. The van der Waals surface area contributed by atoms with Gasteiger partial charge in [-0.15, -0.1) is 0 Å². The van der Waals surface area contributed by atoms with Crippen molar-refractivity contribution in [2.24, 2.45) is 0 Å². The Morgan fingerprint density at radius 2 is 2.33 bits per heavy atom. The molecule has 1 aromatic carbocycles. The molecule has 90 valence electrons. The van der Waals surface area contributed by atoms with Gasteiger partial charge in [-0.1, -0.05) is 0 Å². The maximum Gasteiger partial charge on any atom is 1.00 e. The van der Waals surface area contributed by atoms with Gasteiger partial charge in [0.15, 0.2) is 23.1 Å². The maximum atomic E-state index is 13.7. The van der Waals surface area contributed by atoms with Crippen molar-refractivity contribution >= 4 is 13.1 Å². The molecule has 1 N–H and O–H groups in total. The molecule has 0 spiro atoms. The SMILES string of the molecule is COc1cc2c(c(C(=O)[O-])c1F)OB(O)CO2.[Na+]. The molecule has 0 amide bonds. The number of ether oxygens (including phenoxy) is 2. The molecular weight excluding hydrogens is 257 g/mol. The Balaban J connectivity index is 0.00000162. The Hall–Kier alpha value is -0.955. The summed E-state index contributed by atoms with van der Waals surface area (Å²) >= 11 is 0. The third-order valence-corrected chi connectivity index (χ3v) is 2.21. The van der Waals surface area contributed by atoms with Gasteiger partial charge < -0.3 is 29.1 Å². The van der Waals surface area contributed by atoms with Crippen LogP contribution in [0.25, 0.3) is 0 Å². The number of aromatic carboxylic acids is 1. The summed E-state index contributed by atoms with van der Waals surface area (Å²) in [6.45, 7) is -0.186. The number of hydrogen-bond acceptors (Lipinski definition) is 6. The molecule has 0 bridgehead atoms. The number of methoxy groups -OCH3 is 1. The van der Waals surface area contributed by atoms with E-state index in [9.17, 15) is 14.3 Å². The first-order valence-corrected chi connectivity index (χ1v) is 4.64. The topological polar surface area (TPSA) is 88.1 Å². The summed E-state index contributed by atoms with van der Waals surface area (Å²) in [5, 5.41) is 20.0. The zero-order valence-electron chi connectivity index (χ0n) is 9.73. The van der Waals surface area contributed by atoms with Crippen LogP contribution in [0.1, 0.15) is 10.4 Å². The van der Waals surface area contributed by atoms with Gasteiger partial charge in [-0.2, -0.15) is 0 Å². The van der Waals surface area contributed by atoms with Gasteiger partial charge >= 0.3 is 36.7 Å². The monoisotopic (exact) mass is 264 g/mol. The third kappa shape index (κ3) is 2.56. The average molecular weight is 264 g/mol. The minimum absolute atomic E-state index is 0. The Labute approximate surface area is 124 Å².